The van der Waals surface area contributed by atoms with Crippen molar-refractivity contribution < 1.29 is 14.4 Å². The number of amides is 3. The summed E-state index contributed by atoms with van der Waals surface area (Å²) >= 11 is 0. The van der Waals surface area contributed by atoms with Crippen LogP contribution in [0.25, 0.3) is 22.4 Å². The summed E-state index contributed by atoms with van der Waals surface area (Å²) in [5, 5.41) is 9.72. The van der Waals surface area contributed by atoms with Crippen LogP contribution in [0.1, 0.15) is 28.5 Å². The summed E-state index contributed by atoms with van der Waals surface area (Å²) in [6, 6.07) is 30.4. The number of aromatic nitrogens is 3. The number of nitrogens with one attached hydrogen (secondary N) is 4. The van der Waals surface area contributed by atoms with Crippen molar-refractivity contribution >= 4 is 34.6 Å². The summed E-state index contributed by atoms with van der Waals surface area (Å²) in [5.41, 5.74) is 2.28. The molecule has 10 heteroatoms. The Morgan fingerprint density at radius 3 is 2.13 bits per heavy atom. The first kappa shape index (κ1) is 30.0. The first-order chi connectivity index (χ1) is 22.4. The van der Waals surface area contributed by atoms with Crippen LogP contribution in [0.2, 0.25) is 0 Å². The van der Waals surface area contributed by atoms with Gasteiger partial charge in [0.2, 0.25) is 11.8 Å². The molecule has 0 fully saturated rings. The van der Waals surface area contributed by atoms with Crippen molar-refractivity contribution in [2.45, 2.75) is 18.9 Å². The van der Waals surface area contributed by atoms with Crippen molar-refractivity contribution in [2.75, 3.05) is 18.4 Å². The number of benzene rings is 3. The van der Waals surface area contributed by atoms with E-state index in [1.165, 1.54) is 11.8 Å². The van der Waals surface area contributed by atoms with Crippen LogP contribution in [-0.2, 0) is 21.5 Å². The van der Waals surface area contributed by atoms with E-state index >= 15 is 0 Å². The lowest BCUT2D eigenvalue weighted by Gasteiger charge is -2.31. The van der Waals surface area contributed by atoms with Gasteiger partial charge in [0.15, 0.2) is 5.82 Å². The predicted octanol–water partition coefficient (Wildman–Crippen LogP) is 4.91. The maximum absolute atomic E-state index is 13.8. The molecule has 2 aromatic heterocycles. The molecule has 0 unspecified atom stereocenters. The third-order valence-electron chi connectivity index (χ3n) is 7.69. The average Bonchev–Trinajstić information content (AvgIpc) is 3.54. The molecule has 46 heavy (non-hydrogen) atoms. The van der Waals surface area contributed by atoms with Crippen LogP contribution in [0, 0.1) is 0 Å². The quantitative estimate of drug-likeness (QED) is 0.166. The lowest BCUT2D eigenvalue weighted by Crippen LogP contribution is -2.43. The number of carbonyl (C=O) groups excluding carboxylic acids is 3. The summed E-state index contributed by atoms with van der Waals surface area (Å²) in [6.07, 6.45) is 6.73. The van der Waals surface area contributed by atoms with E-state index in [0.29, 0.717) is 48.0 Å². The second-order valence-electron chi connectivity index (χ2n) is 10.9. The van der Waals surface area contributed by atoms with Crippen molar-refractivity contribution in [1.82, 2.24) is 30.5 Å². The van der Waals surface area contributed by atoms with Gasteiger partial charge in [0.05, 0.1) is 5.39 Å². The van der Waals surface area contributed by atoms with Crippen LogP contribution >= 0.6 is 0 Å². The molecule has 0 atom stereocenters. The Hall–Kier alpha value is -6.03. The molecule has 3 amide bonds. The molecule has 1 aliphatic heterocycles. The minimum atomic E-state index is -1.10. The highest BCUT2D eigenvalue weighted by Crippen LogP contribution is 2.32. The van der Waals surface area contributed by atoms with Crippen LogP contribution in [0.5, 0.6) is 0 Å². The Morgan fingerprint density at radius 2 is 1.46 bits per heavy atom. The Balaban J connectivity index is 1.27. The van der Waals surface area contributed by atoms with Crippen LogP contribution < -0.4 is 16.0 Å². The summed E-state index contributed by atoms with van der Waals surface area (Å²) < 4.78 is 0. The minimum Gasteiger partial charge on any atom is -0.368 e. The third kappa shape index (κ3) is 6.41. The summed E-state index contributed by atoms with van der Waals surface area (Å²) in [6.45, 7) is 2.68. The van der Waals surface area contributed by atoms with E-state index in [4.69, 9.17) is 9.97 Å². The molecule has 1 aliphatic rings. The first-order valence-corrected chi connectivity index (χ1v) is 15.0. The van der Waals surface area contributed by atoms with E-state index < -0.39 is 5.41 Å². The molecule has 6 rings (SSSR count). The normalized spacial score (nSPS) is 13.4. The minimum absolute atomic E-state index is 0.123. The van der Waals surface area contributed by atoms with E-state index in [9.17, 15) is 14.4 Å². The fourth-order valence-electron chi connectivity index (χ4n) is 5.28. The average molecular weight is 612 g/mol. The molecular formula is C36H33N7O3. The highest BCUT2D eigenvalue weighted by atomic mass is 16.2. The molecule has 4 N–H and O–H groups in total. The molecule has 0 saturated heterocycles. The number of rotatable bonds is 10. The lowest BCUT2D eigenvalue weighted by molar-refractivity contribution is -0.124. The van der Waals surface area contributed by atoms with Gasteiger partial charge in [-0.05, 0) is 29.3 Å². The summed E-state index contributed by atoms with van der Waals surface area (Å²) in [4.78, 5) is 52.9. The number of carbonyl (C=O) groups is 3. The van der Waals surface area contributed by atoms with E-state index in [1.54, 1.807) is 30.6 Å². The molecule has 0 radical (unpaired) electrons. The number of H-pyrrole nitrogens is 1. The Bertz CT molecular complexity index is 1910. The zero-order valence-electron chi connectivity index (χ0n) is 25.2. The van der Waals surface area contributed by atoms with Crippen LogP contribution in [0.15, 0.2) is 122 Å². The molecule has 230 valence electrons. The van der Waals surface area contributed by atoms with Gasteiger partial charge in [-0.25, -0.2) is 9.97 Å². The Morgan fingerprint density at radius 1 is 0.804 bits per heavy atom. The van der Waals surface area contributed by atoms with E-state index in [2.05, 4.69) is 20.9 Å². The van der Waals surface area contributed by atoms with Crippen LogP contribution in [0.4, 0.5) is 5.82 Å². The molecule has 5 aromatic rings. The van der Waals surface area contributed by atoms with Gasteiger partial charge in [0.1, 0.15) is 22.6 Å². The van der Waals surface area contributed by atoms with Gasteiger partial charge in [-0.1, -0.05) is 91.0 Å². The fourth-order valence-corrected chi connectivity index (χ4v) is 5.28. The van der Waals surface area contributed by atoms with Gasteiger partial charge in [-0.3, -0.25) is 19.3 Å². The largest absolute Gasteiger partial charge is 0.368 e. The molecule has 0 bridgehead atoms. The third-order valence-corrected chi connectivity index (χ3v) is 7.69. The summed E-state index contributed by atoms with van der Waals surface area (Å²) in [7, 11) is 0. The van der Waals surface area contributed by atoms with Crippen molar-refractivity contribution in [3.05, 3.63) is 138 Å². The Labute approximate surface area is 266 Å². The van der Waals surface area contributed by atoms with E-state index in [-0.39, 0.29) is 17.7 Å². The second-order valence-corrected chi connectivity index (χ2v) is 10.9. The van der Waals surface area contributed by atoms with Gasteiger partial charge < -0.3 is 20.9 Å². The number of hydrogen-bond acceptors (Lipinski definition) is 6. The van der Waals surface area contributed by atoms with Crippen molar-refractivity contribution in [3.8, 4) is 11.4 Å². The topological polar surface area (TPSA) is 132 Å². The van der Waals surface area contributed by atoms with Crippen molar-refractivity contribution in [3.63, 3.8) is 0 Å². The van der Waals surface area contributed by atoms with Gasteiger partial charge >= 0.3 is 0 Å². The van der Waals surface area contributed by atoms with Crippen molar-refractivity contribution in [1.29, 1.82) is 0 Å². The molecule has 3 aromatic carbocycles. The molecule has 0 aliphatic carbocycles. The van der Waals surface area contributed by atoms with E-state index in [0.717, 1.165) is 16.7 Å². The highest BCUT2D eigenvalue weighted by Gasteiger charge is 2.38. The molecule has 10 nitrogen and oxygen atoms in total. The maximum Gasteiger partial charge on any atom is 0.278 e. The predicted molar refractivity (Wildman–Crippen MR) is 177 cm³/mol. The lowest BCUT2D eigenvalue weighted by atomic mass is 9.78. The second kappa shape index (κ2) is 13.3. The maximum atomic E-state index is 13.8. The monoisotopic (exact) mass is 611 g/mol. The number of fused-ring (bicyclic) bond motifs is 1. The van der Waals surface area contributed by atoms with Gasteiger partial charge in [0.25, 0.3) is 5.91 Å². The van der Waals surface area contributed by atoms with E-state index in [1.807, 2.05) is 91.0 Å². The fraction of sp³-hybridized carbons (Fsp3) is 0.139. The first-order valence-electron chi connectivity index (χ1n) is 15.0. The number of aromatic amines is 1. The SMILES string of the molecule is CC(=O)NCCNc1nc(-c2ccccc2)nc2[nH]c(C(=O)N3C=CC(C(=O)NCc4ccccc4)(c4ccccc4)C=C3)cc12. The summed E-state index contributed by atoms with van der Waals surface area (Å²) in [5.74, 6) is 0.367. The van der Waals surface area contributed by atoms with Gasteiger partial charge in [-0.2, -0.15) is 0 Å². The number of hydrogen-bond donors (Lipinski definition) is 4. The van der Waals surface area contributed by atoms with Crippen LogP contribution in [0.3, 0.4) is 0 Å². The molecule has 0 saturated carbocycles. The van der Waals surface area contributed by atoms with Crippen molar-refractivity contribution in [2.24, 2.45) is 0 Å². The highest BCUT2D eigenvalue weighted by molar-refractivity contribution is 6.02. The number of nitrogens with zero attached hydrogens (tertiary/aromatic N) is 3. The smallest absolute Gasteiger partial charge is 0.278 e. The molecular weight excluding hydrogens is 578 g/mol. The van der Waals surface area contributed by atoms with Gasteiger partial charge in [-0.15, -0.1) is 0 Å². The number of anilines is 1. The molecule has 0 spiro atoms. The zero-order chi connectivity index (χ0) is 31.9. The Kier molecular flexibility index (Phi) is 8.69. The van der Waals surface area contributed by atoms with Crippen LogP contribution in [-0.4, -0.2) is 50.7 Å². The standard InChI is InChI=1S/C36H33N7O3/c1-25(44)37-19-20-38-32-29-23-30(40-33(29)42-31(41-32)27-13-7-3-8-14-27)34(45)43-21-17-36(18-22-43,28-15-9-4-10-16-28)35(46)39-24-26-11-5-2-6-12-26/h2-18,21-23H,19-20,24H2,1H3,(H,37,44)(H,39,46)(H2,38,40,41,42). The van der Waals surface area contributed by atoms with Gasteiger partial charge in [0, 0.05) is 44.5 Å². The zero-order valence-corrected chi connectivity index (χ0v) is 25.2. The molecule has 3 heterocycles.